The fourth-order valence-electron chi connectivity index (χ4n) is 5.87. The van der Waals surface area contributed by atoms with E-state index in [9.17, 15) is 43.2 Å². The Morgan fingerprint density at radius 3 is 1.49 bits per heavy atom. The topological polar surface area (TPSA) is 304 Å². The van der Waals surface area contributed by atoms with Crippen LogP contribution in [0.5, 0.6) is 0 Å². The summed E-state index contributed by atoms with van der Waals surface area (Å²) in [6, 6.07) is -4.66. The summed E-state index contributed by atoms with van der Waals surface area (Å²) in [5, 5.41) is 13.0. The zero-order valence-electron chi connectivity index (χ0n) is 43.0. The van der Waals surface area contributed by atoms with Gasteiger partial charge in [0.2, 0.25) is 23.6 Å². The molecule has 5 amide bonds. The van der Waals surface area contributed by atoms with Crippen LogP contribution in [0, 0.1) is 0 Å². The lowest BCUT2D eigenvalue weighted by atomic mass is 10.1. The molecule has 0 aromatic carbocycles. The Kier molecular flexibility index (Phi) is 37.7. The highest BCUT2D eigenvalue weighted by molar-refractivity contribution is 5.92. The molecular formula is C48H86N6O16. The first kappa shape index (κ1) is 64.9. The van der Waals surface area contributed by atoms with E-state index in [4.69, 9.17) is 38.9 Å². The summed E-state index contributed by atoms with van der Waals surface area (Å²) >= 11 is 0. The van der Waals surface area contributed by atoms with Crippen molar-refractivity contribution in [3.05, 3.63) is 0 Å². The zero-order valence-corrected chi connectivity index (χ0v) is 43.0. The molecule has 0 radical (unpaired) electrons. The van der Waals surface area contributed by atoms with E-state index in [2.05, 4.69) is 26.6 Å². The van der Waals surface area contributed by atoms with Gasteiger partial charge in [-0.2, -0.15) is 0 Å². The Morgan fingerprint density at radius 2 is 0.957 bits per heavy atom. The minimum atomic E-state index is -1.41. The summed E-state index contributed by atoms with van der Waals surface area (Å²) < 4.78 is 37.2. The molecule has 0 saturated carbocycles. The van der Waals surface area contributed by atoms with Gasteiger partial charge in [-0.3, -0.25) is 28.8 Å². The van der Waals surface area contributed by atoms with Crippen LogP contribution in [0.15, 0.2) is 0 Å². The van der Waals surface area contributed by atoms with Crippen LogP contribution in [0.2, 0.25) is 0 Å². The van der Waals surface area contributed by atoms with Gasteiger partial charge in [0.25, 0.3) is 0 Å². The minimum absolute atomic E-state index is 0.0423. The van der Waals surface area contributed by atoms with Crippen LogP contribution in [0.4, 0.5) is 4.79 Å². The number of rotatable bonds is 41. The van der Waals surface area contributed by atoms with E-state index in [1.165, 1.54) is 0 Å². The number of nitrogens with one attached hydrogen (secondary N) is 5. The van der Waals surface area contributed by atoms with E-state index in [1.807, 2.05) is 27.7 Å². The number of nitrogens with two attached hydrogens (primary N) is 1. The summed E-state index contributed by atoms with van der Waals surface area (Å²) in [4.78, 5) is 115. The molecule has 0 saturated heterocycles. The van der Waals surface area contributed by atoms with Crippen molar-refractivity contribution in [2.24, 2.45) is 5.73 Å². The van der Waals surface area contributed by atoms with Crippen molar-refractivity contribution < 1.29 is 76.3 Å². The second kappa shape index (κ2) is 40.6. The lowest BCUT2D eigenvalue weighted by molar-refractivity contribution is -0.150. The molecule has 22 nitrogen and oxygen atoms in total. The van der Waals surface area contributed by atoms with Gasteiger partial charge in [-0.1, -0.05) is 53.4 Å². The summed E-state index contributed by atoms with van der Waals surface area (Å²) in [6.07, 6.45) is 5.34. The van der Waals surface area contributed by atoms with Gasteiger partial charge in [0.15, 0.2) is 0 Å². The summed E-state index contributed by atoms with van der Waals surface area (Å²) in [7, 11) is 0. The third kappa shape index (κ3) is 35.9. The average Bonchev–Trinajstić information content (AvgIpc) is 3.30. The van der Waals surface area contributed by atoms with E-state index in [0.29, 0.717) is 51.5 Å². The Morgan fingerprint density at radius 1 is 0.471 bits per heavy atom. The van der Waals surface area contributed by atoms with Crippen molar-refractivity contribution in [1.29, 1.82) is 0 Å². The number of unbranched alkanes of at least 4 members (excludes halogenated alkanes) is 5. The lowest BCUT2D eigenvalue weighted by Gasteiger charge is -2.23. The molecular weight excluding hydrogens is 917 g/mol. The molecule has 4 atom stereocenters. The third-order valence-corrected chi connectivity index (χ3v) is 9.91. The number of hydrogen-bond donors (Lipinski definition) is 6. The molecule has 0 fully saturated rings. The van der Waals surface area contributed by atoms with Crippen LogP contribution in [0.1, 0.15) is 158 Å². The van der Waals surface area contributed by atoms with Crippen molar-refractivity contribution in [3.63, 3.8) is 0 Å². The molecule has 7 N–H and O–H groups in total. The molecule has 0 spiro atoms. The maximum Gasteiger partial charge on any atom is 0.407 e. The average molecular weight is 1000 g/mol. The van der Waals surface area contributed by atoms with E-state index in [-0.39, 0.29) is 90.8 Å². The van der Waals surface area contributed by atoms with Gasteiger partial charge in [-0.15, -0.1) is 0 Å². The van der Waals surface area contributed by atoms with Crippen LogP contribution in [-0.2, 0) is 71.5 Å². The molecule has 404 valence electrons. The normalized spacial score (nSPS) is 12.8. The number of ether oxygens (including phenoxy) is 7. The molecule has 0 heterocycles. The Labute approximate surface area is 414 Å². The molecule has 0 aromatic rings. The predicted molar refractivity (Wildman–Crippen MR) is 258 cm³/mol. The SMILES string of the molecule is CCCCOC(=O)CCC(NC(=O)CCC(NC(=O)COCCOCCNC(=O)C(N)CCCCNC(=O)OC(C)(C)C)C(=O)NC(CCC(=O)OCCCC)C(=O)OCCCC)C(=O)OCCCC. The summed E-state index contributed by atoms with van der Waals surface area (Å²) in [6.45, 7) is 13.8. The monoisotopic (exact) mass is 1000 g/mol. The molecule has 0 aliphatic rings. The van der Waals surface area contributed by atoms with E-state index in [1.54, 1.807) is 20.8 Å². The number of amides is 5. The second-order valence-electron chi connectivity index (χ2n) is 17.6. The molecule has 0 bridgehead atoms. The summed E-state index contributed by atoms with van der Waals surface area (Å²) in [5.74, 6) is -5.31. The highest BCUT2D eigenvalue weighted by atomic mass is 16.6. The third-order valence-electron chi connectivity index (χ3n) is 9.91. The summed E-state index contributed by atoms with van der Waals surface area (Å²) in [5.41, 5.74) is 5.39. The number of carbonyl (C=O) groups is 9. The zero-order chi connectivity index (χ0) is 52.6. The van der Waals surface area contributed by atoms with E-state index in [0.717, 1.165) is 25.7 Å². The largest absolute Gasteiger partial charge is 0.466 e. The Balaban J connectivity index is 5.57. The second-order valence-corrected chi connectivity index (χ2v) is 17.6. The Hall–Kier alpha value is -5.09. The maximum atomic E-state index is 13.8. The van der Waals surface area contributed by atoms with Crippen LogP contribution >= 0.6 is 0 Å². The molecule has 0 rings (SSSR count). The quantitative estimate of drug-likeness (QED) is 0.0291. The fraction of sp³-hybridized carbons (Fsp3) is 0.812. The highest BCUT2D eigenvalue weighted by Gasteiger charge is 2.30. The van der Waals surface area contributed by atoms with Crippen molar-refractivity contribution in [2.75, 3.05) is 65.9 Å². The Bertz CT molecular complexity index is 1540. The first-order valence-corrected chi connectivity index (χ1v) is 25.1. The number of esters is 4. The van der Waals surface area contributed by atoms with Gasteiger partial charge in [0.05, 0.1) is 52.3 Å². The van der Waals surface area contributed by atoms with Crippen LogP contribution in [-0.4, -0.2) is 149 Å². The van der Waals surface area contributed by atoms with Gasteiger partial charge in [0.1, 0.15) is 30.3 Å². The van der Waals surface area contributed by atoms with Crippen LogP contribution < -0.4 is 32.3 Å². The van der Waals surface area contributed by atoms with Crippen molar-refractivity contribution in [1.82, 2.24) is 26.6 Å². The highest BCUT2D eigenvalue weighted by Crippen LogP contribution is 2.10. The lowest BCUT2D eigenvalue weighted by Crippen LogP contribution is -2.53. The van der Waals surface area contributed by atoms with Gasteiger partial charge in [0, 0.05) is 32.4 Å². The van der Waals surface area contributed by atoms with Crippen LogP contribution in [0.25, 0.3) is 0 Å². The van der Waals surface area contributed by atoms with E-state index >= 15 is 0 Å². The fourth-order valence-corrected chi connectivity index (χ4v) is 5.87. The smallest absolute Gasteiger partial charge is 0.407 e. The minimum Gasteiger partial charge on any atom is -0.466 e. The van der Waals surface area contributed by atoms with Gasteiger partial charge in [-0.25, -0.2) is 14.4 Å². The molecule has 70 heavy (non-hydrogen) atoms. The molecule has 0 aromatic heterocycles. The van der Waals surface area contributed by atoms with E-state index < -0.39 is 90.5 Å². The standard InChI is InChI=1S/C48H86N6O16/c1-8-12-27-66-41(57)23-20-37(45(61)68-29-14-10-3)53-39(55)22-19-36(44(60)54-38(46(62)69-30-15-11-4)21-24-42(58)67-28-13-9-2)52-40(56)34-65-33-32-64-31-26-50-43(59)35(49)18-16-17-25-51-47(63)70-48(5,6)7/h35-38H,8-34,49H2,1-7H3,(H,50,59)(H,51,63)(H,52,56)(H,53,55)(H,54,60). The van der Waals surface area contributed by atoms with Gasteiger partial charge >= 0.3 is 30.0 Å². The number of alkyl carbamates (subject to hydrolysis) is 1. The van der Waals surface area contributed by atoms with Crippen molar-refractivity contribution in [3.8, 4) is 0 Å². The molecule has 4 unspecified atom stereocenters. The first-order valence-electron chi connectivity index (χ1n) is 25.1. The first-order chi connectivity index (χ1) is 33.4. The predicted octanol–water partition coefficient (Wildman–Crippen LogP) is 3.33. The van der Waals surface area contributed by atoms with Crippen molar-refractivity contribution >= 4 is 53.6 Å². The maximum absolute atomic E-state index is 13.8. The molecule has 22 heteroatoms. The number of carbonyl (C=O) groups excluding carboxylic acids is 9. The van der Waals surface area contributed by atoms with Crippen LogP contribution in [0.3, 0.4) is 0 Å². The molecule has 0 aliphatic heterocycles. The number of hydrogen-bond acceptors (Lipinski definition) is 17. The van der Waals surface area contributed by atoms with Crippen molar-refractivity contribution in [2.45, 2.75) is 187 Å². The van der Waals surface area contributed by atoms with Gasteiger partial charge < -0.3 is 65.5 Å². The molecule has 0 aliphatic carbocycles. The van der Waals surface area contributed by atoms with Gasteiger partial charge in [-0.05, 0) is 85.0 Å².